The van der Waals surface area contributed by atoms with Crippen molar-refractivity contribution in [2.75, 3.05) is 13.1 Å². The molecule has 2 rings (SSSR count). The molecule has 1 fully saturated rings. The Morgan fingerprint density at radius 3 is 2.79 bits per heavy atom. The topological polar surface area (TPSA) is 38.3 Å². The van der Waals surface area contributed by atoms with Crippen LogP contribution in [0.4, 0.5) is 0 Å². The molecule has 1 aromatic carbocycles. The number of piperidine rings is 1. The second-order valence-electron chi connectivity index (χ2n) is 5.52. The predicted molar refractivity (Wildman–Crippen MR) is 76.7 cm³/mol. The Kier molecular flexibility index (Phi) is 4.97. The molecule has 1 aliphatic heterocycles. The summed E-state index contributed by atoms with van der Waals surface area (Å²) in [5, 5.41) is 3.33. The average Bonchev–Trinajstić information content (AvgIpc) is 2.39. The quantitative estimate of drug-likeness (QED) is 0.828. The molecule has 0 amide bonds. The third-order valence-corrected chi connectivity index (χ3v) is 3.46. The highest BCUT2D eigenvalue weighted by Gasteiger charge is 2.18. The summed E-state index contributed by atoms with van der Waals surface area (Å²) in [4.78, 5) is 12.3. The van der Waals surface area contributed by atoms with E-state index in [0.717, 1.165) is 37.2 Å². The fraction of sp³-hybridized carbons (Fsp3) is 0.562. The van der Waals surface area contributed by atoms with Crippen molar-refractivity contribution in [3.8, 4) is 5.75 Å². The first-order chi connectivity index (χ1) is 9.15. The molecule has 0 radical (unpaired) electrons. The van der Waals surface area contributed by atoms with E-state index >= 15 is 0 Å². The van der Waals surface area contributed by atoms with E-state index in [1.165, 1.54) is 0 Å². The molecule has 19 heavy (non-hydrogen) atoms. The highest BCUT2D eigenvalue weighted by Crippen LogP contribution is 2.21. The highest BCUT2D eigenvalue weighted by molar-refractivity contribution is 5.96. The van der Waals surface area contributed by atoms with Crippen LogP contribution >= 0.6 is 0 Å². The van der Waals surface area contributed by atoms with E-state index in [2.05, 4.69) is 5.32 Å². The van der Waals surface area contributed by atoms with Gasteiger partial charge in [0.25, 0.3) is 0 Å². The minimum atomic E-state index is 0.134. The summed E-state index contributed by atoms with van der Waals surface area (Å²) in [5.74, 6) is 1.55. The summed E-state index contributed by atoms with van der Waals surface area (Å²) in [7, 11) is 0. The first-order valence-electron chi connectivity index (χ1n) is 7.16. The average molecular weight is 261 g/mol. The van der Waals surface area contributed by atoms with Crippen LogP contribution in [0, 0.1) is 5.92 Å². The van der Waals surface area contributed by atoms with Crippen LogP contribution in [0.25, 0.3) is 0 Å². The van der Waals surface area contributed by atoms with Crippen molar-refractivity contribution in [1.82, 2.24) is 5.32 Å². The van der Waals surface area contributed by atoms with Crippen LogP contribution in [-0.4, -0.2) is 25.0 Å². The monoisotopic (exact) mass is 261 g/mol. The maximum Gasteiger partial charge on any atom is 0.163 e. The number of ketones is 1. The van der Waals surface area contributed by atoms with Crippen molar-refractivity contribution in [2.24, 2.45) is 5.92 Å². The Balaban J connectivity index is 1.97. The van der Waals surface area contributed by atoms with Crippen LogP contribution in [0.5, 0.6) is 5.75 Å². The SMILES string of the molecule is CC(C)Oc1cccc(C(=O)CC2CCNCC2)c1. The number of nitrogens with one attached hydrogen (secondary N) is 1. The van der Waals surface area contributed by atoms with Crippen molar-refractivity contribution in [3.63, 3.8) is 0 Å². The molecule has 0 saturated carbocycles. The first kappa shape index (κ1) is 14.1. The fourth-order valence-corrected chi connectivity index (χ4v) is 2.48. The Labute approximate surface area is 115 Å². The third-order valence-electron chi connectivity index (χ3n) is 3.46. The van der Waals surface area contributed by atoms with E-state index in [1.54, 1.807) is 0 Å². The Bertz CT molecular complexity index is 423. The lowest BCUT2D eigenvalue weighted by molar-refractivity contribution is 0.0951. The standard InChI is InChI=1S/C16H23NO2/c1-12(2)19-15-5-3-4-14(11-15)16(18)10-13-6-8-17-9-7-13/h3-5,11-13,17H,6-10H2,1-2H3. The summed E-state index contributed by atoms with van der Waals surface area (Å²) in [5.41, 5.74) is 0.775. The minimum Gasteiger partial charge on any atom is -0.491 e. The lowest BCUT2D eigenvalue weighted by atomic mass is 9.90. The number of rotatable bonds is 5. The Morgan fingerprint density at radius 2 is 2.11 bits per heavy atom. The van der Waals surface area contributed by atoms with Crippen molar-refractivity contribution in [3.05, 3.63) is 29.8 Å². The van der Waals surface area contributed by atoms with Gasteiger partial charge in [0, 0.05) is 12.0 Å². The molecule has 1 N–H and O–H groups in total. The van der Waals surface area contributed by atoms with Crippen molar-refractivity contribution < 1.29 is 9.53 Å². The molecular weight excluding hydrogens is 238 g/mol. The lowest BCUT2D eigenvalue weighted by Crippen LogP contribution is -2.28. The van der Waals surface area contributed by atoms with Gasteiger partial charge in [-0.2, -0.15) is 0 Å². The number of ether oxygens (including phenoxy) is 1. The molecule has 0 atom stereocenters. The summed E-state index contributed by atoms with van der Waals surface area (Å²) >= 11 is 0. The van der Waals surface area contributed by atoms with E-state index in [4.69, 9.17) is 4.74 Å². The van der Waals surface area contributed by atoms with Gasteiger partial charge in [0.15, 0.2) is 5.78 Å². The first-order valence-corrected chi connectivity index (χ1v) is 7.16. The van der Waals surface area contributed by atoms with Crippen LogP contribution in [0.2, 0.25) is 0 Å². The van der Waals surface area contributed by atoms with E-state index in [9.17, 15) is 4.79 Å². The maximum atomic E-state index is 12.3. The zero-order valence-electron chi connectivity index (χ0n) is 11.8. The van der Waals surface area contributed by atoms with E-state index in [-0.39, 0.29) is 11.9 Å². The largest absolute Gasteiger partial charge is 0.491 e. The van der Waals surface area contributed by atoms with Gasteiger partial charge in [0.1, 0.15) is 5.75 Å². The molecule has 0 unspecified atom stereocenters. The van der Waals surface area contributed by atoms with Gasteiger partial charge in [-0.05, 0) is 57.8 Å². The van der Waals surface area contributed by atoms with Crippen LogP contribution in [0.3, 0.4) is 0 Å². The Morgan fingerprint density at radius 1 is 1.37 bits per heavy atom. The summed E-state index contributed by atoms with van der Waals surface area (Å²) in [6, 6.07) is 7.55. The number of carbonyl (C=O) groups is 1. The van der Waals surface area contributed by atoms with Gasteiger partial charge < -0.3 is 10.1 Å². The predicted octanol–water partition coefficient (Wildman–Crippen LogP) is 3.05. The van der Waals surface area contributed by atoms with Crippen LogP contribution in [-0.2, 0) is 0 Å². The zero-order chi connectivity index (χ0) is 13.7. The number of hydrogen-bond acceptors (Lipinski definition) is 3. The molecule has 0 bridgehead atoms. The van der Waals surface area contributed by atoms with Gasteiger partial charge >= 0.3 is 0 Å². The molecule has 3 heteroatoms. The fourth-order valence-electron chi connectivity index (χ4n) is 2.48. The van der Waals surface area contributed by atoms with Gasteiger partial charge in [-0.1, -0.05) is 12.1 Å². The van der Waals surface area contributed by atoms with Crippen molar-refractivity contribution >= 4 is 5.78 Å². The minimum absolute atomic E-state index is 0.134. The highest BCUT2D eigenvalue weighted by atomic mass is 16.5. The summed E-state index contributed by atoms with van der Waals surface area (Å²) in [6.45, 7) is 6.05. The molecule has 3 nitrogen and oxygen atoms in total. The van der Waals surface area contributed by atoms with Crippen LogP contribution < -0.4 is 10.1 Å². The van der Waals surface area contributed by atoms with Crippen molar-refractivity contribution in [2.45, 2.75) is 39.2 Å². The molecule has 0 aromatic heterocycles. The molecule has 1 saturated heterocycles. The number of carbonyl (C=O) groups excluding carboxylic acids is 1. The molecule has 104 valence electrons. The van der Waals surface area contributed by atoms with E-state index < -0.39 is 0 Å². The lowest BCUT2D eigenvalue weighted by Gasteiger charge is -2.21. The maximum absolute atomic E-state index is 12.3. The number of benzene rings is 1. The van der Waals surface area contributed by atoms with Gasteiger partial charge in [0.05, 0.1) is 6.10 Å². The second kappa shape index (κ2) is 6.71. The van der Waals surface area contributed by atoms with Gasteiger partial charge in [-0.3, -0.25) is 4.79 Å². The molecule has 0 spiro atoms. The number of hydrogen-bond donors (Lipinski definition) is 1. The third kappa shape index (κ3) is 4.35. The number of Topliss-reactive ketones (excluding diaryl/α,β-unsaturated/α-hetero) is 1. The van der Waals surface area contributed by atoms with Gasteiger partial charge in [0.2, 0.25) is 0 Å². The normalized spacial score (nSPS) is 16.6. The molecule has 1 aromatic rings. The smallest absolute Gasteiger partial charge is 0.163 e. The molecule has 1 aliphatic rings. The van der Waals surface area contributed by atoms with Crippen LogP contribution in [0.1, 0.15) is 43.5 Å². The molecular formula is C16H23NO2. The zero-order valence-corrected chi connectivity index (χ0v) is 11.8. The van der Waals surface area contributed by atoms with Crippen molar-refractivity contribution in [1.29, 1.82) is 0 Å². The van der Waals surface area contributed by atoms with Gasteiger partial charge in [-0.15, -0.1) is 0 Å². The van der Waals surface area contributed by atoms with Gasteiger partial charge in [-0.25, -0.2) is 0 Å². The van der Waals surface area contributed by atoms with E-state index in [0.29, 0.717) is 12.3 Å². The van der Waals surface area contributed by atoms with E-state index in [1.807, 2.05) is 38.1 Å². The second-order valence-corrected chi connectivity index (χ2v) is 5.52. The molecule has 1 heterocycles. The Hall–Kier alpha value is -1.35. The summed E-state index contributed by atoms with van der Waals surface area (Å²) < 4.78 is 5.63. The molecule has 0 aliphatic carbocycles. The van der Waals surface area contributed by atoms with Crippen LogP contribution in [0.15, 0.2) is 24.3 Å². The summed E-state index contributed by atoms with van der Waals surface area (Å²) in [6.07, 6.45) is 3.00.